The van der Waals surface area contributed by atoms with Crippen molar-refractivity contribution < 1.29 is 9.53 Å². The zero-order chi connectivity index (χ0) is 14.4. The van der Waals surface area contributed by atoms with Gasteiger partial charge in [-0.05, 0) is 13.0 Å². The highest BCUT2D eigenvalue weighted by Gasteiger charge is 2.36. The van der Waals surface area contributed by atoms with Crippen LogP contribution in [0.5, 0.6) is 0 Å². The summed E-state index contributed by atoms with van der Waals surface area (Å²) < 4.78 is 5.50. The van der Waals surface area contributed by atoms with Crippen LogP contribution in [0.25, 0.3) is 0 Å². The summed E-state index contributed by atoms with van der Waals surface area (Å²) in [5.41, 5.74) is 0. The second-order valence-electron chi connectivity index (χ2n) is 5.62. The predicted molar refractivity (Wildman–Crippen MR) is 79.6 cm³/mol. The van der Waals surface area contributed by atoms with Crippen molar-refractivity contribution in [3.05, 3.63) is 12.7 Å². The lowest BCUT2D eigenvalue weighted by Gasteiger charge is -2.36. The number of hydrogen-bond donors (Lipinski definition) is 1. The van der Waals surface area contributed by atoms with Crippen LogP contribution in [0, 0.1) is 5.92 Å². The largest absolute Gasteiger partial charge is 0.379 e. The molecule has 0 radical (unpaired) electrons. The summed E-state index contributed by atoms with van der Waals surface area (Å²) in [5.74, 6) is 0.252. The molecule has 0 spiro atoms. The lowest BCUT2D eigenvalue weighted by atomic mass is 10.0. The summed E-state index contributed by atoms with van der Waals surface area (Å²) in [6.45, 7) is 12.5. The fraction of sp³-hybridized carbons (Fsp3) is 0.800. The molecule has 0 saturated carbocycles. The van der Waals surface area contributed by atoms with E-state index in [2.05, 4.69) is 23.7 Å². The Labute approximate surface area is 121 Å². The SMILES string of the molecule is C=CCN1CCN(C(=O)C2COCC2NCCC)CC1. The van der Waals surface area contributed by atoms with Crippen LogP contribution < -0.4 is 5.32 Å². The van der Waals surface area contributed by atoms with Gasteiger partial charge in [0, 0.05) is 38.8 Å². The average Bonchev–Trinajstić information content (AvgIpc) is 2.94. The van der Waals surface area contributed by atoms with Gasteiger partial charge in [0.25, 0.3) is 0 Å². The number of carbonyl (C=O) groups excluding carboxylic acids is 1. The van der Waals surface area contributed by atoms with Crippen molar-refractivity contribution in [1.29, 1.82) is 0 Å². The molecule has 2 rings (SSSR count). The summed E-state index contributed by atoms with van der Waals surface area (Å²) in [4.78, 5) is 16.9. The van der Waals surface area contributed by atoms with E-state index in [1.54, 1.807) is 0 Å². The Bertz CT molecular complexity index is 327. The third-order valence-electron chi connectivity index (χ3n) is 4.13. The molecule has 2 saturated heterocycles. The Morgan fingerprint density at radius 3 is 2.75 bits per heavy atom. The molecule has 2 atom stereocenters. The molecule has 2 aliphatic rings. The maximum absolute atomic E-state index is 12.6. The number of ether oxygens (including phenoxy) is 1. The second-order valence-corrected chi connectivity index (χ2v) is 5.62. The third kappa shape index (κ3) is 3.81. The van der Waals surface area contributed by atoms with E-state index < -0.39 is 0 Å². The van der Waals surface area contributed by atoms with Gasteiger partial charge in [-0.3, -0.25) is 9.69 Å². The minimum absolute atomic E-state index is 0.00694. The average molecular weight is 281 g/mol. The summed E-state index contributed by atoms with van der Waals surface area (Å²) in [6.07, 6.45) is 3.00. The third-order valence-corrected chi connectivity index (χ3v) is 4.13. The zero-order valence-corrected chi connectivity index (χ0v) is 12.5. The van der Waals surface area contributed by atoms with E-state index in [0.717, 1.165) is 45.7 Å². The van der Waals surface area contributed by atoms with Crippen molar-refractivity contribution in [3.8, 4) is 0 Å². The highest BCUT2D eigenvalue weighted by Crippen LogP contribution is 2.18. The lowest BCUT2D eigenvalue weighted by Crippen LogP contribution is -2.53. The molecule has 2 aliphatic heterocycles. The molecule has 0 aromatic rings. The quantitative estimate of drug-likeness (QED) is 0.713. The molecule has 114 valence electrons. The van der Waals surface area contributed by atoms with Crippen LogP contribution >= 0.6 is 0 Å². The molecule has 1 amide bonds. The van der Waals surface area contributed by atoms with Gasteiger partial charge in [-0.25, -0.2) is 0 Å². The molecule has 0 aliphatic carbocycles. The Morgan fingerprint density at radius 2 is 2.10 bits per heavy atom. The maximum Gasteiger partial charge on any atom is 0.229 e. The van der Waals surface area contributed by atoms with Crippen LogP contribution in [-0.2, 0) is 9.53 Å². The van der Waals surface area contributed by atoms with Gasteiger partial charge in [-0.2, -0.15) is 0 Å². The van der Waals surface area contributed by atoms with E-state index in [9.17, 15) is 4.79 Å². The lowest BCUT2D eigenvalue weighted by molar-refractivity contribution is -0.137. The number of nitrogens with zero attached hydrogens (tertiary/aromatic N) is 2. The molecule has 2 heterocycles. The Hall–Kier alpha value is -0.910. The Balaban J connectivity index is 1.83. The standard InChI is InChI=1S/C15H27N3O2/c1-3-5-16-14-12-20-11-13(14)15(19)18-9-7-17(6-4-2)8-10-18/h4,13-14,16H,2-3,5-12H2,1H3. The molecular weight excluding hydrogens is 254 g/mol. The van der Waals surface area contributed by atoms with Gasteiger partial charge in [0.15, 0.2) is 0 Å². The Morgan fingerprint density at radius 1 is 1.35 bits per heavy atom. The normalized spacial score (nSPS) is 27.8. The van der Waals surface area contributed by atoms with Crippen LogP contribution in [0.2, 0.25) is 0 Å². The van der Waals surface area contributed by atoms with Crippen LogP contribution in [-0.4, -0.2) is 74.2 Å². The van der Waals surface area contributed by atoms with Gasteiger partial charge in [0.1, 0.15) is 0 Å². The smallest absolute Gasteiger partial charge is 0.229 e. The zero-order valence-electron chi connectivity index (χ0n) is 12.5. The van der Waals surface area contributed by atoms with Gasteiger partial charge < -0.3 is 15.0 Å². The molecule has 5 heteroatoms. The van der Waals surface area contributed by atoms with Crippen molar-refractivity contribution in [2.24, 2.45) is 5.92 Å². The van der Waals surface area contributed by atoms with E-state index in [1.165, 1.54) is 0 Å². The van der Waals surface area contributed by atoms with Crippen LogP contribution in [0.1, 0.15) is 13.3 Å². The molecule has 2 fully saturated rings. The van der Waals surface area contributed by atoms with Gasteiger partial charge in [0.2, 0.25) is 5.91 Å². The monoisotopic (exact) mass is 281 g/mol. The molecular formula is C15H27N3O2. The molecule has 0 aromatic heterocycles. The predicted octanol–water partition coefficient (Wildman–Crippen LogP) is 0.331. The maximum atomic E-state index is 12.6. The first-order chi connectivity index (χ1) is 9.76. The van der Waals surface area contributed by atoms with E-state index in [-0.39, 0.29) is 17.9 Å². The van der Waals surface area contributed by atoms with Gasteiger partial charge >= 0.3 is 0 Å². The summed E-state index contributed by atoms with van der Waals surface area (Å²) >= 11 is 0. The Kier molecular flexibility index (Phi) is 6.01. The number of carbonyl (C=O) groups is 1. The minimum Gasteiger partial charge on any atom is -0.379 e. The number of hydrogen-bond acceptors (Lipinski definition) is 4. The second kappa shape index (κ2) is 7.76. The molecule has 5 nitrogen and oxygen atoms in total. The number of nitrogens with one attached hydrogen (secondary N) is 1. The highest BCUT2D eigenvalue weighted by molar-refractivity contribution is 5.80. The first-order valence-corrected chi connectivity index (χ1v) is 7.69. The van der Waals surface area contributed by atoms with Gasteiger partial charge in [0.05, 0.1) is 19.1 Å². The summed E-state index contributed by atoms with van der Waals surface area (Å²) in [5, 5.41) is 3.43. The summed E-state index contributed by atoms with van der Waals surface area (Å²) in [7, 11) is 0. The number of rotatable bonds is 6. The van der Waals surface area contributed by atoms with E-state index in [0.29, 0.717) is 13.2 Å². The van der Waals surface area contributed by atoms with Crippen LogP contribution in [0.3, 0.4) is 0 Å². The van der Waals surface area contributed by atoms with Crippen molar-refractivity contribution in [3.63, 3.8) is 0 Å². The fourth-order valence-electron chi connectivity index (χ4n) is 2.90. The van der Waals surface area contributed by atoms with Gasteiger partial charge in [-0.1, -0.05) is 13.0 Å². The first-order valence-electron chi connectivity index (χ1n) is 7.69. The molecule has 2 unspecified atom stereocenters. The van der Waals surface area contributed by atoms with Crippen LogP contribution in [0.4, 0.5) is 0 Å². The fourth-order valence-corrected chi connectivity index (χ4v) is 2.90. The molecule has 20 heavy (non-hydrogen) atoms. The molecule has 0 aromatic carbocycles. The number of amides is 1. The minimum atomic E-state index is -0.00694. The van der Waals surface area contributed by atoms with Crippen LogP contribution in [0.15, 0.2) is 12.7 Å². The number of piperazine rings is 1. The van der Waals surface area contributed by atoms with Gasteiger partial charge in [-0.15, -0.1) is 6.58 Å². The highest BCUT2D eigenvalue weighted by atomic mass is 16.5. The first kappa shape index (κ1) is 15.5. The topological polar surface area (TPSA) is 44.8 Å². The van der Waals surface area contributed by atoms with Crippen molar-refractivity contribution in [2.45, 2.75) is 19.4 Å². The van der Waals surface area contributed by atoms with E-state index >= 15 is 0 Å². The van der Waals surface area contributed by atoms with Crippen molar-refractivity contribution >= 4 is 5.91 Å². The molecule has 0 bridgehead atoms. The van der Waals surface area contributed by atoms with Crippen molar-refractivity contribution in [1.82, 2.24) is 15.1 Å². The van der Waals surface area contributed by atoms with E-state index in [1.807, 2.05) is 11.0 Å². The molecule has 1 N–H and O–H groups in total. The van der Waals surface area contributed by atoms with E-state index in [4.69, 9.17) is 4.74 Å². The summed E-state index contributed by atoms with van der Waals surface area (Å²) in [6, 6.07) is 0.189. The van der Waals surface area contributed by atoms with Crippen molar-refractivity contribution in [2.75, 3.05) is 52.5 Å².